The summed E-state index contributed by atoms with van der Waals surface area (Å²) in [5, 5.41) is -0.247. The fourth-order valence-corrected chi connectivity index (χ4v) is 4.14. The molecule has 138 valence electrons. The summed E-state index contributed by atoms with van der Waals surface area (Å²) < 4.78 is 43.3. The maximum Gasteiger partial charge on any atom is 0.416 e. The highest BCUT2D eigenvalue weighted by Gasteiger charge is 2.33. The third kappa shape index (κ3) is 4.15. The van der Waals surface area contributed by atoms with Crippen molar-refractivity contribution in [2.45, 2.75) is 18.0 Å². The smallest absolute Gasteiger partial charge is 0.416 e. The predicted octanol–water partition coefficient (Wildman–Crippen LogP) is 4.53. The van der Waals surface area contributed by atoms with E-state index in [2.05, 4.69) is 0 Å². The monoisotopic (exact) mass is 381 g/mol. The molecule has 1 aliphatic rings. The van der Waals surface area contributed by atoms with Crippen LogP contribution in [0.1, 0.15) is 22.1 Å². The van der Waals surface area contributed by atoms with Crippen LogP contribution in [0.2, 0.25) is 0 Å². The molecule has 0 bridgehead atoms. The number of carbonyl (C=O) groups excluding carboxylic acids is 1. The quantitative estimate of drug-likeness (QED) is 0.779. The Balaban J connectivity index is 1.71. The average Bonchev–Trinajstić information content (AvgIpc) is 3.11. The molecule has 0 aliphatic carbocycles. The molecule has 3 rings (SSSR count). The Morgan fingerprint density at radius 1 is 1.15 bits per heavy atom. The van der Waals surface area contributed by atoms with Crippen molar-refractivity contribution in [1.82, 2.24) is 4.90 Å². The summed E-state index contributed by atoms with van der Waals surface area (Å²) in [7, 11) is 1.58. The Hall–Kier alpha value is -2.15. The van der Waals surface area contributed by atoms with Gasteiger partial charge in [-0.05, 0) is 35.4 Å². The summed E-state index contributed by atoms with van der Waals surface area (Å²) in [6.07, 6.45) is -4.10. The van der Waals surface area contributed by atoms with Gasteiger partial charge in [0.2, 0.25) is 5.91 Å². The molecule has 0 aromatic heterocycles. The molecule has 1 saturated heterocycles. The van der Waals surface area contributed by atoms with Crippen LogP contribution >= 0.6 is 11.8 Å². The van der Waals surface area contributed by atoms with Crippen molar-refractivity contribution < 1.29 is 22.7 Å². The number of halogens is 3. The number of hydrogen-bond donors (Lipinski definition) is 0. The lowest BCUT2D eigenvalue weighted by Crippen LogP contribution is -2.31. The van der Waals surface area contributed by atoms with E-state index in [1.807, 2.05) is 12.1 Å². The minimum atomic E-state index is -4.36. The number of methoxy groups -OCH3 is 1. The number of benzene rings is 2. The van der Waals surface area contributed by atoms with Crippen molar-refractivity contribution in [2.24, 2.45) is 0 Å². The Labute approximate surface area is 154 Å². The van der Waals surface area contributed by atoms with E-state index in [1.165, 1.54) is 12.1 Å². The summed E-state index contributed by atoms with van der Waals surface area (Å²) in [6.45, 7) is 0.589. The van der Waals surface area contributed by atoms with Crippen molar-refractivity contribution in [3.8, 4) is 5.75 Å². The van der Waals surface area contributed by atoms with E-state index >= 15 is 0 Å². The zero-order valence-corrected chi connectivity index (χ0v) is 14.9. The van der Waals surface area contributed by atoms with E-state index in [-0.39, 0.29) is 17.7 Å². The predicted molar refractivity (Wildman–Crippen MR) is 95.1 cm³/mol. The van der Waals surface area contributed by atoms with Gasteiger partial charge in [-0.25, -0.2) is 0 Å². The summed E-state index contributed by atoms with van der Waals surface area (Å²) in [5.41, 5.74) is 0.905. The van der Waals surface area contributed by atoms with Crippen LogP contribution in [0.3, 0.4) is 0 Å². The highest BCUT2D eigenvalue weighted by atomic mass is 32.2. The third-order valence-corrected chi connectivity index (χ3v) is 5.51. The van der Waals surface area contributed by atoms with Gasteiger partial charge in [-0.2, -0.15) is 13.2 Å². The van der Waals surface area contributed by atoms with Crippen LogP contribution in [0.15, 0.2) is 48.5 Å². The molecule has 0 spiro atoms. The fourth-order valence-electron chi connectivity index (χ4n) is 2.86. The summed E-state index contributed by atoms with van der Waals surface area (Å²) in [4.78, 5) is 14.4. The Morgan fingerprint density at radius 2 is 1.81 bits per heavy atom. The van der Waals surface area contributed by atoms with Crippen LogP contribution in [0.5, 0.6) is 5.75 Å². The molecule has 1 heterocycles. The molecule has 26 heavy (non-hydrogen) atoms. The van der Waals surface area contributed by atoms with Gasteiger partial charge in [0.05, 0.1) is 19.1 Å². The first-order valence-electron chi connectivity index (χ1n) is 8.09. The molecule has 1 fully saturated rings. The maximum absolute atomic E-state index is 12.7. The molecule has 1 amide bonds. The molecule has 1 aliphatic heterocycles. The summed E-state index contributed by atoms with van der Waals surface area (Å²) in [6, 6.07) is 12.3. The molecule has 2 aromatic carbocycles. The first-order valence-corrected chi connectivity index (χ1v) is 9.14. The second-order valence-corrected chi connectivity index (χ2v) is 7.14. The number of amides is 1. The number of ether oxygens (including phenoxy) is 1. The lowest BCUT2D eigenvalue weighted by Gasteiger charge is -2.24. The van der Waals surface area contributed by atoms with Crippen LogP contribution in [0.4, 0.5) is 13.2 Å². The average molecular weight is 381 g/mol. The molecule has 3 nitrogen and oxygen atoms in total. The third-order valence-electron chi connectivity index (χ3n) is 4.25. The van der Waals surface area contributed by atoms with Crippen LogP contribution < -0.4 is 4.74 Å². The van der Waals surface area contributed by atoms with E-state index in [0.717, 1.165) is 29.2 Å². The van der Waals surface area contributed by atoms with Crippen molar-refractivity contribution in [3.05, 3.63) is 65.2 Å². The molecular formula is C19H18F3NO2S. The molecule has 0 N–H and O–H groups in total. The minimum Gasteiger partial charge on any atom is -0.497 e. The largest absolute Gasteiger partial charge is 0.497 e. The van der Waals surface area contributed by atoms with Crippen LogP contribution in [0, 0.1) is 0 Å². The number of rotatable bonds is 4. The van der Waals surface area contributed by atoms with Gasteiger partial charge in [-0.1, -0.05) is 24.3 Å². The SMILES string of the molecule is COc1ccc(CC(=O)N2CCS[C@@H]2c2ccc(C(F)(F)F)cc2)cc1. The fraction of sp³-hybridized carbons (Fsp3) is 0.316. The van der Waals surface area contributed by atoms with E-state index in [1.54, 1.807) is 35.9 Å². The van der Waals surface area contributed by atoms with Crippen LogP contribution in [0.25, 0.3) is 0 Å². The van der Waals surface area contributed by atoms with Crippen LogP contribution in [-0.2, 0) is 17.4 Å². The lowest BCUT2D eigenvalue weighted by atomic mass is 10.1. The highest BCUT2D eigenvalue weighted by molar-refractivity contribution is 7.99. The first-order chi connectivity index (χ1) is 12.4. The number of hydrogen-bond acceptors (Lipinski definition) is 3. The lowest BCUT2D eigenvalue weighted by molar-refractivity contribution is -0.137. The van der Waals surface area contributed by atoms with E-state index in [9.17, 15) is 18.0 Å². The Kier molecular flexibility index (Phi) is 5.46. The second-order valence-electron chi connectivity index (χ2n) is 5.95. The maximum atomic E-state index is 12.7. The minimum absolute atomic E-state index is 0.0370. The molecule has 2 aromatic rings. The van der Waals surface area contributed by atoms with Gasteiger partial charge in [0.1, 0.15) is 11.1 Å². The molecule has 0 saturated carbocycles. The number of alkyl halides is 3. The van der Waals surface area contributed by atoms with Crippen molar-refractivity contribution in [2.75, 3.05) is 19.4 Å². The summed E-state index contributed by atoms with van der Waals surface area (Å²) in [5.74, 6) is 1.45. The topological polar surface area (TPSA) is 29.5 Å². The van der Waals surface area contributed by atoms with E-state index in [0.29, 0.717) is 12.1 Å². The Bertz CT molecular complexity index is 760. The normalized spacial score (nSPS) is 17.4. The zero-order chi connectivity index (χ0) is 18.7. The second kappa shape index (κ2) is 7.61. The van der Waals surface area contributed by atoms with Gasteiger partial charge < -0.3 is 9.64 Å². The van der Waals surface area contributed by atoms with Crippen molar-refractivity contribution in [3.63, 3.8) is 0 Å². The number of thioether (sulfide) groups is 1. The van der Waals surface area contributed by atoms with Gasteiger partial charge >= 0.3 is 6.18 Å². The van der Waals surface area contributed by atoms with E-state index < -0.39 is 11.7 Å². The molecule has 1 atom stereocenters. The number of carbonyl (C=O) groups is 1. The van der Waals surface area contributed by atoms with Gasteiger partial charge in [0.25, 0.3) is 0 Å². The van der Waals surface area contributed by atoms with Gasteiger partial charge in [0, 0.05) is 12.3 Å². The Morgan fingerprint density at radius 3 is 2.38 bits per heavy atom. The molecule has 0 unspecified atom stereocenters. The van der Waals surface area contributed by atoms with Gasteiger partial charge in [-0.15, -0.1) is 11.8 Å². The van der Waals surface area contributed by atoms with Gasteiger partial charge in [-0.3, -0.25) is 4.79 Å². The molecular weight excluding hydrogens is 363 g/mol. The molecule has 0 radical (unpaired) electrons. The molecule has 7 heteroatoms. The van der Waals surface area contributed by atoms with Gasteiger partial charge in [0.15, 0.2) is 0 Å². The van der Waals surface area contributed by atoms with Crippen molar-refractivity contribution in [1.29, 1.82) is 0 Å². The number of nitrogens with zero attached hydrogens (tertiary/aromatic N) is 1. The summed E-state index contributed by atoms with van der Waals surface area (Å²) >= 11 is 1.57. The van der Waals surface area contributed by atoms with E-state index in [4.69, 9.17) is 4.74 Å². The highest BCUT2D eigenvalue weighted by Crippen LogP contribution is 2.39. The standard InChI is InChI=1S/C19H18F3NO2S/c1-25-16-8-2-13(3-9-16)12-17(24)23-10-11-26-18(23)14-4-6-15(7-5-14)19(20,21)22/h2-9,18H,10-12H2,1H3/t18-/m1/s1. The van der Waals surface area contributed by atoms with Crippen LogP contribution in [-0.4, -0.2) is 30.2 Å². The zero-order valence-electron chi connectivity index (χ0n) is 14.1. The van der Waals surface area contributed by atoms with Crippen molar-refractivity contribution >= 4 is 17.7 Å². The first kappa shape index (κ1) is 18.6.